The normalized spacial score (nSPS) is 28.8. The van der Waals surface area contributed by atoms with Gasteiger partial charge in [-0.2, -0.15) is 13.2 Å². The highest BCUT2D eigenvalue weighted by molar-refractivity contribution is 6.30. The number of aromatic nitrogens is 1. The van der Waals surface area contributed by atoms with Crippen LogP contribution in [0.5, 0.6) is 5.75 Å². The van der Waals surface area contributed by atoms with Gasteiger partial charge in [-0.05, 0) is 43.2 Å². The van der Waals surface area contributed by atoms with E-state index in [1.807, 2.05) is 0 Å². The lowest BCUT2D eigenvalue weighted by molar-refractivity contribution is -0.138. The Bertz CT molecular complexity index is 1160. The Morgan fingerprint density at radius 3 is 2.58 bits per heavy atom. The number of alkyl halides is 3. The first-order chi connectivity index (χ1) is 17.1. The third kappa shape index (κ3) is 5.00. The summed E-state index contributed by atoms with van der Waals surface area (Å²) >= 11 is 5.97. The molecule has 36 heavy (non-hydrogen) atoms. The van der Waals surface area contributed by atoms with E-state index < -0.39 is 29.9 Å². The molecule has 192 valence electrons. The molecule has 12 heteroatoms. The molecule has 0 saturated carbocycles. The highest BCUT2D eigenvalue weighted by Gasteiger charge is 2.51. The quantitative estimate of drug-likeness (QED) is 0.554. The first kappa shape index (κ1) is 24.8. The number of amides is 2. The van der Waals surface area contributed by atoms with E-state index in [0.717, 1.165) is 12.3 Å². The molecule has 4 heterocycles. The van der Waals surface area contributed by atoms with Crippen LogP contribution < -0.4 is 15.4 Å². The second-order valence-corrected chi connectivity index (χ2v) is 9.64. The predicted octanol–water partition coefficient (Wildman–Crippen LogP) is 2.92. The highest BCUT2D eigenvalue weighted by atomic mass is 35.5. The second-order valence-electron chi connectivity index (χ2n) is 9.20. The van der Waals surface area contributed by atoms with Crippen LogP contribution in [0.25, 0.3) is 0 Å². The van der Waals surface area contributed by atoms with Crippen LogP contribution in [-0.2, 0) is 27.0 Å². The van der Waals surface area contributed by atoms with Crippen molar-refractivity contribution in [1.29, 1.82) is 0 Å². The Kier molecular flexibility index (Phi) is 6.56. The molecule has 3 N–H and O–H groups in total. The predicted molar refractivity (Wildman–Crippen MR) is 120 cm³/mol. The lowest BCUT2D eigenvalue weighted by atomic mass is 9.85. The number of ether oxygens (including phenoxy) is 2. The molecule has 1 aromatic heterocycles. The monoisotopic (exact) mass is 525 g/mol. The minimum atomic E-state index is -4.47. The van der Waals surface area contributed by atoms with Crippen LogP contribution in [0.2, 0.25) is 5.02 Å². The second kappa shape index (κ2) is 9.53. The molecule has 1 aromatic carbocycles. The number of hydrogen-bond acceptors (Lipinski definition) is 6. The number of nitrogens with one attached hydrogen (secondary N) is 2. The van der Waals surface area contributed by atoms with Crippen LogP contribution in [0, 0.1) is 5.92 Å². The van der Waals surface area contributed by atoms with Gasteiger partial charge in [-0.3, -0.25) is 14.6 Å². The molecule has 3 aliphatic rings. The summed E-state index contributed by atoms with van der Waals surface area (Å²) in [5.41, 5.74) is -0.00635. The van der Waals surface area contributed by atoms with E-state index in [-0.39, 0.29) is 43.0 Å². The van der Waals surface area contributed by atoms with Crippen molar-refractivity contribution < 1.29 is 37.3 Å². The molecule has 0 radical (unpaired) electrons. The van der Waals surface area contributed by atoms with Gasteiger partial charge in [0.1, 0.15) is 5.75 Å². The molecule has 6 atom stereocenters. The molecule has 0 aliphatic carbocycles. The first-order valence-corrected chi connectivity index (χ1v) is 11.9. The fourth-order valence-corrected chi connectivity index (χ4v) is 5.13. The van der Waals surface area contributed by atoms with Crippen LogP contribution in [0.3, 0.4) is 0 Å². The molecule has 2 aromatic rings. The summed E-state index contributed by atoms with van der Waals surface area (Å²) in [6.45, 7) is -0.000939. The van der Waals surface area contributed by atoms with Crippen molar-refractivity contribution in [2.45, 2.75) is 62.4 Å². The number of aliphatic hydroxyl groups is 1. The van der Waals surface area contributed by atoms with Crippen molar-refractivity contribution in [1.82, 2.24) is 15.6 Å². The number of carbonyl (C=O) groups excluding carboxylic acids is 2. The molecule has 2 saturated heterocycles. The Morgan fingerprint density at radius 1 is 1.11 bits per heavy atom. The van der Waals surface area contributed by atoms with Crippen molar-refractivity contribution in [3.63, 3.8) is 0 Å². The zero-order chi connectivity index (χ0) is 25.6. The van der Waals surface area contributed by atoms with Gasteiger partial charge in [-0.25, -0.2) is 0 Å². The molecule has 5 rings (SSSR count). The fourth-order valence-electron chi connectivity index (χ4n) is 4.95. The molecule has 4 unspecified atom stereocenters. The number of nitrogens with zero attached hydrogens (tertiary/aromatic N) is 1. The molecule has 8 nitrogen and oxygen atoms in total. The van der Waals surface area contributed by atoms with Gasteiger partial charge in [0.2, 0.25) is 5.91 Å². The molecule has 2 fully saturated rings. The van der Waals surface area contributed by atoms with Gasteiger partial charge in [0.25, 0.3) is 5.91 Å². The summed E-state index contributed by atoms with van der Waals surface area (Å²) in [6, 6.07) is 6.70. The Morgan fingerprint density at radius 2 is 1.92 bits per heavy atom. The smallest absolute Gasteiger partial charge is 0.417 e. The molecule has 3 aliphatic heterocycles. The van der Waals surface area contributed by atoms with Gasteiger partial charge < -0.3 is 25.2 Å². The number of aliphatic hydroxyl groups excluding tert-OH is 1. The highest BCUT2D eigenvalue weighted by Crippen LogP contribution is 2.40. The van der Waals surface area contributed by atoms with E-state index >= 15 is 0 Å². The standard InChI is InChI=1S/C24H23ClF3N3O5/c25-12-2-4-18-14(5-12)17(32)8-21(35-18)23(34)31-16-7-19-15(6-20(16)36-19)22(33)30-10-13-3-1-11(9-29-13)24(26,27)28/h1-5,9,15-17,19-21,32H,6-8,10H2,(H,30,33)(H,31,34)/t15?,16?,17-,19?,20?,21-/m1/s1. The zero-order valence-corrected chi connectivity index (χ0v) is 19.6. The Balaban J connectivity index is 1.11. The molecule has 2 bridgehead atoms. The van der Waals surface area contributed by atoms with Crippen molar-refractivity contribution in [3.05, 3.63) is 58.4 Å². The summed E-state index contributed by atoms with van der Waals surface area (Å²) in [5, 5.41) is 16.5. The Hall–Kier alpha value is -2.89. The van der Waals surface area contributed by atoms with Crippen LogP contribution in [-0.4, -0.2) is 46.3 Å². The summed E-state index contributed by atoms with van der Waals surface area (Å²) < 4.78 is 49.6. The zero-order valence-electron chi connectivity index (χ0n) is 18.8. The van der Waals surface area contributed by atoms with E-state index in [2.05, 4.69) is 15.6 Å². The van der Waals surface area contributed by atoms with Gasteiger partial charge in [-0.15, -0.1) is 0 Å². The van der Waals surface area contributed by atoms with Crippen LogP contribution in [0.1, 0.15) is 42.2 Å². The largest absolute Gasteiger partial charge is 0.480 e. The number of fused-ring (bicyclic) bond motifs is 3. The minimum absolute atomic E-state index is 0.000939. The topological polar surface area (TPSA) is 110 Å². The number of halogens is 4. The number of hydrogen-bond donors (Lipinski definition) is 3. The summed E-state index contributed by atoms with van der Waals surface area (Å²) in [4.78, 5) is 29.2. The van der Waals surface area contributed by atoms with Crippen LogP contribution in [0.4, 0.5) is 13.2 Å². The number of carbonyl (C=O) groups is 2. The van der Waals surface area contributed by atoms with Crippen molar-refractivity contribution in [2.75, 3.05) is 0 Å². The maximum atomic E-state index is 12.8. The fraction of sp³-hybridized carbons (Fsp3) is 0.458. The van der Waals surface area contributed by atoms with E-state index in [0.29, 0.717) is 34.9 Å². The van der Waals surface area contributed by atoms with Gasteiger partial charge in [0.05, 0.1) is 48.1 Å². The van der Waals surface area contributed by atoms with Crippen LogP contribution in [0.15, 0.2) is 36.5 Å². The van der Waals surface area contributed by atoms with Gasteiger partial charge in [-0.1, -0.05) is 11.6 Å². The van der Waals surface area contributed by atoms with Crippen molar-refractivity contribution >= 4 is 23.4 Å². The number of rotatable bonds is 5. The van der Waals surface area contributed by atoms with E-state index in [4.69, 9.17) is 21.1 Å². The van der Waals surface area contributed by atoms with Crippen molar-refractivity contribution in [2.24, 2.45) is 5.92 Å². The van der Waals surface area contributed by atoms with E-state index in [1.165, 1.54) is 6.07 Å². The van der Waals surface area contributed by atoms with Gasteiger partial charge in [0.15, 0.2) is 6.10 Å². The average Bonchev–Trinajstić information content (AvgIpc) is 3.43. The summed E-state index contributed by atoms with van der Waals surface area (Å²) in [5.74, 6) is -0.670. The number of pyridine rings is 1. The SMILES string of the molecule is O=C(NCc1ccc(C(F)(F)F)cn1)C1CC2OC1CC2NC(=O)[C@H]1C[C@@H](O)c2cc(Cl)ccc2O1. The average molecular weight is 526 g/mol. The molecule has 0 spiro atoms. The third-order valence-electron chi connectivity index (χ3n) is 6.81. The molecular formula is C24H23ClF3N3O5. The van der Waals surface area contributed by atoms with Gasteiger partial charge >= 0.3 is 6.18 Å². The Labute approximate surface area is 209 Å². The molecular weight excluding hydrogens is 503 g/mol. The maximum absolute atomic E-state index is 12.8. The van der Waals surface area contributed by atoms with Crippen molar-refractivity contribution in [3.8, 4) is 5.75 Å². The summed E-state index contributed by atoms with van der Waals surface area (Å²) in [6.07, 6.45) is -5.30. The van der Waals surface area contributed by atoms with Crippen LogP contribution >= 0.6 is 11.6 Å². The first-order valence-electron chi connectivity index (χ1n) is 11.5. The lowest BCUT2D eigenvalue weighted by Gasteiger charge is -2.31. The molecule has 2 amide bonds. The van der Waals surface area contributed by atoms with E-state index in [9.17, 15) is 27.9 Å². The van der Waals surface area contributed by atoms with Gasteiger partial charge in [0, 0.05) is 23.2 Å². The maximum Gasteiger partial charge on any atom is 0.417 e. The lowest BCUT2D eigenvalue weighted by Crippen LogP contribution is -2.50. The summed E-state index contributed by atoms with van der Waals surface area (Å²) in [7, 11) is 0. The third-order valence-corrected chi connectivity index (χ3v) is 7.04. The number of benzene rings is 1. The van der Waals surface area contributed by atoms with E-state index in [1.54, 1.807) is 18.2 Å². The minimum Gasteiger partial charge on any atom is -0.480 e.